The number of carbonyl (C=O) groups excluding carboxylic acids is 1. The molecule has 36 heavy (non-hydrogen) atoms. The molecule has 0 atom stereocenters. The molecule has 2 aromatic heterocycles. The average Bonchev–Trinajstić information content (AvgIpc) is 3.50. The molecule has 0 unspecified atom stereocenters. The molecule has 1 aliphatic heterocycles. The molecule has 0 bridgehead atoms. The van der Waals surface area contributed by atoms with E-state index in [0.717, 1.165) is 16.7 Å². The Morgan fingerprint density at radius 3 is 2.39 bits per heavy atom. The maximum atomic E-state index is 14.5. The van der Waals surface area contributed by atoms with E-state index in [2.05, 4.69) is 10.1 Å². The van der Waals surface area contributed by atoms with Crippen molar-refractivity contribution >= 4 is 16.9 Å². The van der Waals surface area contributed by atoms with E-state index in [1.165, 1.54) is 6.07 Å². The Morgan fingerprint density at radius 1 is 0.917 bits per heavy atom. The number of rotatable bonds is 4. The second-order valence-corrected chi connectivity index (χ2v) is 8.98. The third kappa shape index (κ3) is 3.80. The molecule has 8 heteroatoms. The number of hydrogen-bond acceptors (Lipinski definition) is 3. The highest BCUT2D eigenvalue weighted by Crippen LogP contribution is 2.28. The number of H-pyrrole nitrogens is 1. The van der Waals surface area contributed by atoms with E-state index in [9.17, 15) is 14.0 Å². The van der Waals surface area contributed by atoms with Crippen LogP contribution in [0, 0.1) is 5.82 Å². The van der Waals surface area contributed by atoms with Crippen molar-refractivity contribution in [3.63, 3.8) is 0 Å². The number of nitrogens with zero attached hydrogens (tertiary/aromatic N) is 4. The molecule has 1 aliphatic rings. The molecule has 0 aliphatic carbocycles. The Bertz CT molecular complexity index is 1610. The Kier molecular flexibility index (Phi) is 5.48. The number of nitrogens with one attached hydrogen (secondary N) is 1. The number of hydrogen-bond donors (Lipinski definition) is 1. The summed E-state index contributed by atoms with van der Waals surface area (Å²) in [4.78, 5) is 31.0. The number of fused-ring (bicyclic) bond motifs is 1. The first kappa shape index (κ1) is 22.0. The molecule has 1 saturated heterocycles. The maximum Gasteiger partial charge on any atom is 0.326 e. The number of amides is 1. The van der Waals surface area contributed by atoms with Crippen LogP contribution in [0.3, 0.4) is 0 Å². The van der Waals surface area contributed by atoms with Crippen LogP contribution < -0.4 is 5.69 Å². The fourth-order valence-electron chi connectivity index (χ4n) is 5.03. The van der Waals surface area contributed by atoms with Gasteiger partial charge in [-0.3, -0.25) is 9.36 Å². The lowest BCUT2D eigenvalue weighted by molar-refractivity contribution is 0.0685. The largest absolute Gasteiger partial charge is 0.337 e. The number of imidazole rings is 1. The third-order valence-corrected chi connectivity index (χ3v) is 6.82. The molecule has 3 heterocycles. The molecule has 5 aromatic rings. The van der Waals surface area contributed by atoms with E-state index in [4.69, 9.17) is 0 Å². The quantitative estimate of drug-likeness (QED) is 0.401. The Balaban J connectivity index is 1.30. The van der Waals surface area contributed by atoms with Crippen LogP contribution in [-0.2, 0) is 0 Å². The highest BCUT2D eigenvalue weighted by Gasteiger charge is 2.29. The topological polar surface area (TPSA) is 75.9 Å². The number of piperidine rings is 1. The van der Waals surface area contributed by atoms with Gasteiger partial charge in [0.1, 0.15) is 11.5 Å². The number of aromatic amines is 1. The minimum atomic E-state index is -0.390. The lowest BCUT2D eigenvalue weighted by atomic mass is 10.0. The summed E-state index contributed by atoms with van der Waals surface area (Å²) in [5, 5.41) is 4.61. The first-order chi connectivity index (χ1) is 17.6. The maximum absolute atomic E-state index is 14.5. The summed E-state index contributed by atoms with van der Waals surface area (Å²) in [5.41, 5.74) is 3.42. The average molecular weight is 482 g/mol. The number of para-hydroxylation sites is 3. The van der Waals surface area contributed by atoms with E-state index in [0.29, 0.717) is 42.9 Å². The van der Waals surface area contributed by atoms with E-state index < -0.39 is 0 Å². The summed E-state index contributed by atoms with van der Waals surface area (Å²) in [6.45, 7) is 1.01. The molecule has 1 N–H and O–H groups in total. The molecule has 1 fully saturated rings. The number of carbonyl (C=O) groups is 1. The SMILES string of the molecule is O=C(c1cc(-c2ccccc2F)nn1-c1ccccc1)N1CCC(n2c(=O)[nH]c3ccccc32)CC1. The fraction of sp³-hybridized carbons (Fsp3) is 0.179. The van der Waals surface area contributed by atoms with Crippen molar-refractivity contribution in [1.82, 2.24) is 24.2 Å². The van der Waals surface area contributed by atoms with Gasteiger partial charge in [0.25, 0.3) is 5.91 Å². The van der Waals surface area contributed by atoms with Crippen LogP contribution in [0.1, 0.15) is 29.4 Å². The van der Waals surface area contributed by atoms with Crippen molar-refractivity contribution in [2.45, 2.75) is 18.9 Å². The predicted octanol–water partition coefficient (Wildman–Crippen LogP) is 4.80. The van der Waals surface area contributed by atoms with Crippen LogP contribution >= 0.6 is 0 Å². The van der Waals surface area contributed by atoms with Gasteiger partial charge < -0.3 is 9.88 Å². The molecule has 7 nitrogen and oxygen atoms in total. The summed E-state index contributed by atoms with van der Waals surface area (Å²) in [6, 6.07) is 25.1. The van der Waals surface area contributed by atoms with Gasteiger partial charge in [0.05, 0.1) is 22.4 Å². The van der Waals surface area contributed by atoms with Crippen molar-refractivity contribution in [1.29, 1.82) is 0 Å². The highest BCUT2D eigenvalue weighted by molar-refractivity contribution is 5.94. The van der Waals surface area contributed by atoms with E-state index in [-0.39, 0.29) is 23.5 Å². The van der Waals surface area contributed by atoms with Gasteiger partial charge in [0.15, 0.2) is 0 Å². The molecule has 0 saturated carbocycles. The lowest BCUT2D eigenvalue weighted by Gasteiger charge is -2.32. The van der Waals surface area contributed by atoms with Crippen molar-refractivity contribution < 1.29 is 9.18 Å². The molecule has 1 amide bonds. The van der Waals surface area contributed by atoms with Gasteiger partial charge in [-0.1, -0.05) is 42.5 Å². The standard InChI is InChI=1S/C28H24FN5O2/c29-22-11-5-4-10-21(22)24-18-26(34(31-24)20-8-2-1-3-9-20)27(35)32-16-14-19(15-17-32)33-25-13-7-6-12-23(25)30-28(33)36/h1-13,18-19H,14-17H2,(H,30,36). The number of benzene rings is 3. The van der Waals surface area contributed by atoms with Crippen LogP contribution in [0.15, 0.2) is 89.7 Å². The van der Waals surface area contributed by atoms with Gasteiger partial charge in [0.2, 0.25) is 0 Å². The summed E-state index contributed by atoms with van der Waals surface area (Å²) in [7, 11) is 0. The summed E-state index contributed by atoms with van der Waals surface area (Å²) in [6.07, 6.45) is 1.32. The summed E-state index contributed by atoms with van der Waals surface area (Å²) in [5.74, 6) is -0.558. The van der Waals surface area contributed by atoms with Crippen molar-refractivity contribution in [3.05, 3.63) is 107 Å². The van der Waals surface area contributed by atoms with Crippen molar-refractivity contribution in [3.8, 4) is 16.9 Å². The lowest BCUT2D eigenvalue weighted by Crippen LogP contribution is -2.41. The fourth-order valence-corrected chi connectivity index (χ4v) is 5.03. The summed E-state index contributed by atoms with van der Waals surface area (Å²) >= 11 is 0. The van der Waals surface area contributed by atoms with Crippen LogP contribution in [0.5, 0.6) is 0 Å². The first-order valence-electron chi connectivity index (χ1n) is 12.0. The smallest absolute Gasteiger partial charge is 0.326 e. The molecular weight excluding hydrogens is 457 g/mol. The minimum Gasteiger partial charge on any atom is -0.337 e. The van der Waals surface area contributed by atoms with Crippen molar-refractivity contribution in [2.24, 2.45) is 0 Å². The van der Waals surface area contributed by atoms with Gasteiger partial charge in [0, 0.05) is 24.7 Å². The van der Waals surface area contributed by atoms with Crippen molar-refractivity contribution in [2.75, 3.05) is 13.1 Å². The normalized spacial score (nSPS) is 14.4. The second kappa shape index (κ2) is 8.96. The van der Waals surface area contributed by atoms with Gasteiger partial charge in [-0.15, -0.1) is 0 Å². The number of likely N-dealkylation sites (tertiary alicyclic amines) is 1. The molecule has 0 radical (unpaired) electrons. The Morgan fingerprint density at radius 2 is 1.61 bits per heavy atom. The summed E-state index contributed by atoms with van der Waals surface area (Å²) < 4.78 is 17.9. The molecule has 180 valence electrons. The van der Waals surface area contributed by atoms with Crippen LogP contribution in [0.25, 0.3) is 28.0 Å². The molecule has 3 aromatic carbocycles. The van der Waals surface area contributed by atoms with Crippen LogP contribution in [0.2, 0.25) is 0 Å². The molecular formula is C28H24FN5O2. The predicted molar refractivity (Wildman–Crippen MR) is 136 cm³/mol. The third-order valence-electron chi connectivity index (χ3n) is 6.82. The highest BCUT2D eigenvalue weighted by atomic mass is 19.1. The monoisotopic (exact) mass is 481 g/mol. The van der Waals surface area contributed by atoms with Crippen LogP contribution in [0.4, 0.5) is 4.39 Å². The van der Waals surface area contributed by atoms with Gasteiger partial charge >= 0.3 is 5.69 Å². The van der Waals surface area contributed by atoms with E-state index >= 15 is 0 Å². The Labute approximate surface area is 206 Å². The van der Waals surface area contributed by atoms with Gasteiger partial charge in [-0.2, -0.15) is 5.10 Å². The Hall–Kier alpha value is -4.46. The number of aromatic nitrogens is 4. The molecule has 6 rings (SSSR count). The molecule has 0 spiro atoms. The van der Waals surface area contributed by atoms with E-state index in [1.54, 1.807) is 33.8 Å². The van der Waals surface area contributed by atoms with Gasteiger partial charge in [-0.25, -0.2) is 13.9 Å². The second-order valence-electron chi connectivity index (χ2n) is 8.98. The van der Waals surface area contributed by atoms with E-state index in [1.807, 2.05) is 59.2 Å². The zero-order valence-corrected chi connectivity index (χ0v) is 19.5. The zero-order chi connectivity index (χ0) is 24.6. The first-order valence-corrected chi connectivity index (χ1v) is 12.0. The van der Waals surface area contributed by atoms with Crippen LogP contribution in [-0.4, -0.2) is 43.2 Å². The number of halogens is 1. The minimum absolute atomic E-state index is 0.00529. The van der Waals surface area contributed by atoms with Gasteiger partial charge in [-0.05, 0) is 55.3 Å². The zero-order valence-electron chi connectivity index (χ0n) is 19.5.